The van der Waals surface area contributed by atoms with Gasteiger partial charge in [0.05, 0.1) is 6.07 Å². The number of nitriles is 1. The highest BCUT2D eigenvalue weighted by atomic mass is 79.9. The zero-order valence-corrected chi connectivity index (χ0v) is 12.6. The maximum Gasteiger partial charge on any atom is 0.140 e. The van der Waals surface area contributed by atoms with Crippen molar-refractivity contribution in [2.24, 2.45) is 0 Å². The molecule has 1 aliphatic rings. The SMILES string of the molecule is N#CC(Nc1ccccc1Br)c1cccc(C2CC2)c1. The van der Waals surface area contributed by atoms with E-state index in [1.165, 1.54) is 18.4 Å². The molecule has 0 radical (unpaired) electrons. The normalized spacial score (nSPS) is 15.4. The van der Waals surface area contributed by atoms with E-state index in [1.54, 1.807) is 0 Å². The van der Waals surface area contributed by atoms with Crippen molar-refractivity contribution in [1.82, 2.24) is 0 Å². The van der Waals surface area contributed by atoms with Gasteiger partial charge in [-0.2, -0.15) is 5.26 Å². The number of nitrogens with one attached hydrogen (secondary N) is 1. The number of rotatable bonds is 4. The molecule has 0 saturated heterocycles. The van der Waals surface area contributed by atoms with Gasteiger partial charge in [0.25, 0.3) is 0 Å². The van der Waals surface area contributed by atoms with Crippen molar-refractivity contribution in [3.63, 3.8) is 0 Å². The molecular weight excluding hydrogens is 312 g/mol. The van der Waals surface area contributed by atoms with Gasteiger partial charge in [-0.1, -0.05) is 36.4 Å². The summed E-state index contributed by atoms with van der Waals surface area (Å²) in [6.45, 7) is 0. The average Bonchev–Trinajstić information content (AvgIpc) is 3.31. The minimum Gasteiger partial charge on any atom is -0.365 e. The lowest BCUT2D eigenvalue weighted by molar-refractivity contribution is 0.983. The molecule has 0 spiro atoms. The smallest absolute Gasteiger partial charge is 0.140 e. The van der Waals surface area contributed by atoms with Gasteiger partial charge in [0, 0.05) is 10.2 Å². The predicted molar refractivity (Wildman–Crippen MR) is 84.5 cm³/mol. The Bertz CT molecular complexity index is 656. The van der Waals surface area contributed by atoms with Crippen LogP contribution in [0.5, 0.6) is 0 Å². The first-order valence-electron chi connectivity index (χ1n) is 6.78. The lowest BCUT2D eigenvalue weighted by atomic mass is 10.0. The first-order valence-corrected chi connectivity index (χ1v) is 7.58. The maximum absolute atomic E-state index is 9.45. The van der Waals surface area contributed by atoms with Gasteiger partial charge in [-0.25, -0.2) is 0 Å². The van der Waals surface area contributed by atoms with Crippen LogP contribution in [0, 0.1) is 11.3 Å². The van der Waals surface area contributed by atoms with Crippen molar-refractivity contribution < 1.29 is 0 Å². The molecule has 0 bridgehead atoms. The number of anilines is 1. The summed E-state index contributed by atoms with van der Waals surface area (Å²) in [4.78, 5) is 0. The summed E-state index contributed by atoms with van der Waals surface area (Å²) < 4.78 is 0.971. The molecule has 1 N–H and O–H groups in total. The van der Waals surface area contributed by atoms with E-state index in [1.807, 2.05) is 30.3 Å². The van der Waals surface area contributed by atoms with Crippen molar-refractivity contribution >= 4 is 21.6 Å². The van der Waals surface area contributed by atoms with E-state index >= 15 is 0 Å². The summed E-state index contributed by atoms with van der Waals surface area (Å²) in [6.07, 6.45) is 2.55. The Morgan fingerprint density at radius 3 is 2.65 bits per heavy atom. The van der Waals surface area contributed by atoms with E-state index in [-0.39, 0.29) is 6.04 Å². The number of benzene rings is 2. The molecule has 1 fully saturated rings. The second-order valence-electron chi connectivity index (χ2n) is 5.13. The van der Waals surface area contributed by atoms with Crippen LogP contribution in [0.3, 0.4) is 0 Å². The summed E-state index contributed by atoms with van der Waals surface area (Å²) in [5.41, 5.74) is 3.33. The van der Waals surface area contributed by atoms with Crippen molar-refractivity contribution in [2.45, 2.75) is 24.8 Å². The van der Waals surface area contributed by atoms with Gasteiger partial charge >= 0.3 is 0 Å². The molecule has 0 amide bonds. The second-order valence-corrected chi connectivity index (χ2v) is 5.99. The molecule has 2 aromatic carbocycles. The number of hydrogen-bond donors (Lipinski definition) is 1. The third-order valence-electron chi connectivity index (χ3n) is 3.60. The van der Waals surface area contributed by atoms with Crippen LogP contribution in [-0.2, 0) is 0 Å². The average molecular weight is 327 g/mol. The van der Waals surface area contributed by atoms with E-state index in [0.29, 0.717) is 5.92 Å². The van der Waals surface area contributed by atoms with Crippen LogP contribution in [0.15, 0.2) is 53.0 Å². The van der Waals surface area contributed by atoms with Gasteiger partial charge in [0.2, 0.25) is 0 Å². The summed E-state index contributed by atoms with van der Waals surface area (Å²) in [7, 11) is 0. The van der Waals surface area contributed by atoms with E-state index in [4.69, 9.17) is 0 Å². The first-order chi connectivity index (χ1) is 9.78. The molecule has 2 nitrogen and oxygen atoms in total. The topological polar surface area (TPSA) is 35.8 Å². The van der Waals surface area contributed by atoms with Gasteiger partial charge in [-0.05, 0) is 57.9 Å². The van der Waals surface area contributed by atoms with Crippen molar-refractivity contribution in [1.29, 1.82) is 5.26 Å². The van der Waals surface area contributed by atoms with E-state index < -0.39 is 0 Å². The van der Waals surface area contributed by atoms with Crippen LogP contribution in [0.25, 0.3) is 0 Å². The summed E-state index contributed by atoms with van der Waals surface area (Å²) >= 11 is 3.50. The molecule has 1 unspecified atom stereocenters. The fourth-order valence-electron chi connectivity index (χ4n) is 2.33. The minimum atomic E-state index is -0.326. The minimum absolute atomic E-state index is 0.326. The third-order valence-corrected chi connectivity index (χ3v) is 4.29. The summed E-state index contributed by atoms with van der Waals surface area (Å²) in [5.74, 6) is 0.706. The van der Waals surface area contributed by atoms with Gasteiger partial charge in [0.1, 0.15) is 6.04 Å². The van der Waals surface area contributed by atoms with E-state index in [2.05, 4.69) is 45.5 Å². The standard InChI is InChI=1S/C17H15BrN2/c18-15-6-1-2-7-16(15)20-17(11-19)14-5-3-4-13(10-14)12-8-9-12/h1-7,10,12,17,20H,8-9H2. The Labute approximate surface area is 127 Å². The molecule has 1 atom stereocenters. The maximum atomic E-state index is 9.45. The van der Waals surface area contributed by atoms with Gasteiger partial charge in [-0.15, -0.1) is 0 Å². The van der Waals surface area contributed by atoms with Crippen molar-refractivity contribution in [2.75, 3.05) is 5.32 Å². The lowest BCUT2D eigenvalue weighted by Crippen LogP contribution is -2.09. The number of hydrogen-bond acceptors (Lipinski definition) is 2. The summed E-state index contributed by atoms with van der Waals surface area (Å²) in [5, 5.41) is 12.7. The molecule has 3 heteroatoms. The van der Waals surface area contributed by atoms with Gasteiger partial charge < -0.3 is 5.32 Å². The zero-order chi connectivity index (χ0) is 13.9. The van der Waals surface area contributed by atoms with Crippen LogP contribution >= 0.6 is 15.9 Å². The highest BCUT2D eigenvalue weighted by molar-refractivity contribution is 9.10. The Morgan fingerprint density at radius 2 is 1.95 bits per heavy atom. The predicted octanol–water partition coefficient (Wildman–Crippen LogP) is 5.00. The molecule has 2 aromatic rings. The summed E-state index contributed by atoms with van der Waals surface area (Å²) in [6, 6.07) is 18.3. The molecule has 1 aliphatic carbocycles. The van der Waals surface area contributed by atoms with Crippen LogP contribution in [0.1, 0.15) is 35.9 Å². The van der Waals surface area contributed by atoms with Crippen molar-refractivity contribution in [3.05, 3.63) is 64.1 Å². The Hall–Kier alpha value is -1.79. The number of para-hydroxylation sites is 1. The third kappa shape index (κ3) is 2.86. The van der Waals surface area contributed by atoms with Gasteiger partial charge in [0.15, 0.2) is 0 Å². The number of nitrogens with zero attached hydrogens (tertiary/aromatic N) is 1. The largest absolute Gasteiger partial charge is 0.365 e. The molecule has 20 heavy (non-hydrogen) atoms. The molecule has 3 rings (SSSR count). The lowest BCUT2D eigenvalue weighted by Gasteiger charge is -2.15. The van der Waals surface area contributed by atoms with Crippen LogP contribution in [-0.4, -0.2) is 0 Å². The van der Waals surface area contributed by atoms with E-state index in [9.17, 15) is 5.26 Å². The monoisotopic (exact) mass is 326 g/mol. The molecule has 0 heterocycles. The molecule has 0 aromatic heterocycles. The quantitative estimate of drug-likeness (QED) is 0.857. The Morgan fingerprint density at radius 1 is 1.15 bits per heavy atom. The highest BCUT2D eigenvalue weighted by Gasteiger charge is 2.24. The molecule has 1 saturated carbocycles. The first kappa shape index (κ1) is 13.2. The fourth-order valence-corrected chi connectivity index (χ4v) is 2.73. The van der Waals surface area contributed by atoms with Crippen molar-refractivity contribution in [3.8, 4) is 6.07 Å². The second kappa shape index (κ2) is 5.68. The molecular formula is C17H15BrN2. The fraction of sp³-hybridized carbons (Fsp3) is 0.235. The highest BCUT2D eigenvalue weighted by Crippen LogP contribution is 2.40. The Balaban J connectivity index is 1.85. The van der Waals surface area contributed by atoms with E-state index in [0.717, 1.165) is 15.7 Å². The number of halogens is 1. The molecule has 0 aliphatic heterocycles. The van der Waals surface area contributed by atoms with Crippen LogP contribution < -0.4 is 5.32 Å². The zero-order valence-electron chi connectivity index (χ0n) is 11.0. The van der Waals surface area contributed by atoms with Crippen LogP contribution in [0.4, 0.5) is 5.69 Å². The van der Waals surface area contributed by atoms with Gasteiger partial charge in [-0.3, -0.25) is 0 Å². The Kier molecular flexibility index (Phi) is 3.75. The molecule has 100 valence electrons. The van der Waals surface area contributed by atoms with Crippen LogP contribution in [0.2, 0.25) is 0 Å².